The van der Waals surface area contributed by atoms with Crippen molar-refractivity contribution in [2.45, 2.75) is 6.42 Å². The summed E-state index contributed by atoms with van der Waals surface area (Å²) in [5.41, 5.74) is 4.59. The van der Waals surface area contributed by atoms with Gasteiger partial charge in [-0.3, -0.25) is 0 Å². The molecule has 0 fully saturated rings. The molecule has 1 aliphatic rings. The summed E-state index contributed by atoms with van der Waals surface area (Å²) in [6, 6.07) is 12.7. The van der Waals surface area contributed by atoms with Crippen LogP contribution in [0, 0.1) is 5.82 Å². The minimum absolute atomic E-state index is 0.228. The lowest BCUT2D eigenvalue weighted by Crippen LogP contribution is -2.19. The SMILES string of the molecule is COc1ccc2c(C3=CCNCC3)cn(-c3ccc(F)cc3)c2c1. The topological polar surface area (TPSA) is 26.2 Å². The number of benzene rings is 2. The summed E-state index contributed by atoms with van der Waals surface area (Å²) in [5.74, 6) is 0.587. The molecule has 0 radical (unpaired) electrons. The molecule has 4 rings (SSSR count). The number of hydrogen-bond donors (Lipinski definition) is 1. The average Bonchev–Trinajstić information content (AvgIpc) is 3.02. The van der Waals surface area contributed by atoms with E-state index in [2.05, 4.69) is 28.2 Å². The van der Waals surface area contributed by atoms with Crippen LogP contribution in [0.1, 0.15) is 12.0 Å². The molecular formula is C20H19FN2O. The third-order valence-corrected chi connectivity index (χ3v) is 4.53. The molecule has 2 aromatic carbocycles. The van der Waals surface area contributed by atoms with E-state index in [1.165, 1.54) is 28.7 Å². The molecule has 0 bridgehead atoms. The Hall–Kier alpha value is -2.59. The molecule has 4 heteroatoms. The molecule has 0 unspecified atom stereocenters. The lowest BCUT2D eigenvalue weighted by molar-refractivity contribution is 0.415. The second kappa shape index (κ2) is 6.13. The Labute approximate surface area is 140 Å². The fourth-order valence-electron chi connectivity index (χ4n) is 3.27. The van der Waals surface area contributed by atoms with Crippen LogP contribution in [0.2, 0.25) is 0 Å². The molecule has 3 nitrogen and oxygen atoms in total. The highest BCUT2D eigenvalue weighted by Crippen LogP contribution is 2.33. The van der Waals surface area contributed by atoms with Crippen molar-refractivity contribution in [3.63, 3.8) is 0 Å². The number of ether oxygens (including phenoxy) is 1. The Morgan fingerprint density at radius 1 is 1.12 bits per heavy atom. The predicted octanol–water partition coefficient (Wildman–Crippen LogP) is 4.15. The molecule has 3 aromatic rings. The molecule has 1 aliphatic heterocycles. The van der Waals surface area contributed by atoms with Crippen LogP contribution < -0.4 is 10.1 Å². The fourth-order valence-corrected chi connectivity index (χ4v) is 3.27. The monoisotopic (exact) mass is 322 g/mol. The van der Waals surface area contributed by atoms with E-state index >= 15 is 0 Å². The summed E-state index contributed by atoms with van der Waals surface area (Å²) in [6.07, 6.45) is 5.40. The summed E-state index contributed by atoms with van der Waals surface area (Å²) in [5, 5.41) is 4.54. The third kappa shape index (κ3) is 2.59. The number of methoxy groups -OCH3 is 1. The number of fused-ring (bicyclic) bond motifs is 1. The maximum Gasteiger partial charge on any atom is 0.123 e. The molecule has 1 N–H and O–H groups in total. The second-order valence-electron chi connectivity index (χ2n) is 5.96. The molecule has 0 spiro atoms. The van der Waals surface area contributed by atoms with E-state index in [1.807, 2.05) is 12.1 Å². The van der Waals surface area contributed by atoms with Gasteiger partial charge in [0.15, 0.2) is 0 Å². The zero-order chi connectivity index (χ0) is 16.5. The van der Waals surface area contributed by atoms with Crippen molar-refractivity contribution >= 4 is 16.5 Å². The number of hydrogen-bond acceptors (Lipinski definition) is 2. The molecular weight excluding hydrogens is 303 g/mol. The Bertz CT molecular complexity index is 909. The summed E-state index contributed by atoms with van der Waals surface area (Å²) < 4.78 is 20.8. The molecule has 1 aromatic heterocycles. The quantitative estimate of drug-likeness (QED) is 0.784. The molecule has 0 aliphatic carbocycles. The van der Waals surface area contributed by atoms with E-state index in [4.69, 9.17) is 4.74 Å². The number of aromatic nitrogens is 1. The van der Waals surface area contributed by atoms with Crippen LogP contribution in [0.25, 0.3) is 22.2 Å². The van der Waals surface area contributed by atoms with Gasteiger partial charge in [0.1, 0.15) is 11.6 Å². The van der Waals surface area contributed by atoms with Gasteiger partial charge in [-0.2, -0.15) is 0 Å². The predicted molar refractivity (Wildman–Crippen MR) is 95.2 cm³/mol. The highest BCUT2D eigenvalue weighted by molar-refractivity contribution is 5.95. The van der Waals surface area contributed by atoms with Crippen molar-refractivity contribution in [3.05, 3.63) is 66.1 Å². The average molecular weight is 322 g/mol. The van der Waals surface area contributed by atoms with E-state index in [1.54, 1.807) is 19.2 Å². The van der Waals surface area contributed by atoms with Gasteiger partial charge in [0.25, 0.3) is 0 Å². The van der Waals surface area contributed by atoms with E-state index in [0.717, 1.165) is 36.5 Å². The zero-order valence-corrected chi connectivity index (χ0v) is 13.6. The van der Waals surface area contributed by atoms with Gasteiger partial charge in [0, 0.05) is 35.4 Å². The molecule has 24 heavy (non-hydrogen) atoms. The Kier molecular flexibility index (Phi) is 3.82. The summed E-state index contributed by atoms with van der Waals surface area (Å²) in [7, 11) is 1.67. The van der Waals surface area contributed by atoms with Gasteiger partial charge >= 0.3 is 0 Å². The van der Waals surface area contributed by atoms with Gasteiger partial charge in [-0.05, 0) is 54.9 Å². The van der Waals surface area contributed by atoms with Crippen molar-refractivity contribution in [1.82, 2.24) is 9.88 Å². The normalized spacial score (nSPS) is 14.7. The molecule has 0 saturated heterocycles. The summed E-state index contributed by atoms with van der Waals surface area (Å²) >= 11 is 0. The molecule has 0 saturated carbocycles. The van der Waals surface area contributed by atoms with Crippen molar-refractivity contribution in [1.29, 1.82) is 0 Å². The molecule has 0 atom stereocenters. The first-order valence-electron chi connectivity index (χ1n) is 8.11. The Morgan fingerprint density at radius 3 is 2.67 bits per heavy atom. The maximum absolute atomic E-state index is 13.3. The summed E-state index contributed by atoms with van der Waals surface area (Å²) in [6.45, 7) is 1.89. The number of nitrogens with one attached hydrogen (secondary N) is 1. The first-order valence-corrected chi connectivity index (χ1v) is 8.11. The summed E-state index contributed by atoms with van der Waals surface area (Å²) in [4.78, 5) is 0. The van der Waals surface area contributed by atoms with Gasteiger partial charge in [-0.1, -0.05) is 6.08 Å². The highest BCUT2D eigenvalue weighted by Gasteiger charge is 2.15. The lowest BCUT2D eigenvalue weighted by atomic mass is 10.00. The highest BCUT2D eigenvalue weighted by atomic mass is 19.1. The standard InChI is InChI=1S/C20H19FN2O/c1-24-17-6-7-18-19(14-8-10-22-11-9-14)13-23(20(18)12-17)16-4-2-15(21)3-5-16/h2-8,12-13,22H,9-11H2,1H3. The Morgan fingerprint density at radius 2 is 1.96 bits per heavy atom. The maximum atomic E-state index is 13.3. The lowest BCUT2D eigenvalue weighted by Gasteiger charge is -2.13. The second-order valence-corrected chi connectivity index (χ2v) is 5.96. The van der Waals surface area contributed by atoms with E-state index in [0.29, 0.717) is 0 Å². The molecule has 2 heterocycles. The zero-order valence-electron chi connectivity index (χ0n) is 13.6. The molecule has 122 valence electrons. The van der Waals surface area contributed by atoms with E-state index < -0.39 is 0 Å². The van der Waals surface area contributed by atoms with Crippen LogP contribution in [0.4, 0.5) is 4.39 Å². The van der Waals surface area contributed by atoms with Gasteiger partial charge in [0.2, 0.25) is 0 Å². The van der Waals surface area contributed by atoms with Crippen LogP contribution in [0.5, 0.6) is 5.75 Å². The van der Waals surface area contributed by atoms with Crippen LogP contribution in [-0.4, -0.2) is 24.8 Å². The van der Waals surface area contributed by atoms with E-state index in [-0.39, 0.29) is 5.82 Å². The van der Waals surface area contributed by atoms with Gasteiger partial charge < -0.3 is 14.6 Å². The molecule has 0 amide bonds. The third-order valence-electron chi connectivity index (χ3n) is 4.53. The van der Waals surface area contributed by atoms with Crippen molar-refractivity contribution in [2.75, 3.05) is 20.2 Å². The van der Waals surface area contributed by atoms with Gasteiger partial charge in [-0.15, -0.1) is 0 Å². The van der Waals surface area contributed by atoms with Crippen LogP contribution in [-0.2, 0) is 0 Å². The first-order chi connectivity index (χ1) is 11.8. The van der Waals surface area contributed by atoms with Crippen LogP contribution in [0.15, 0.2) is 54.7 Å². The minimum Gasteiger partial charge on any atom is -0.497 e. The van der Waals surface area contributed by atoms with Crippen LogP contribution in [0.3, 0.4) is 0 Å². The minimum atomic E-state index is -0.228. The Balaban J connectivity index is 1.94. The number of nitrogens with zero attached hydrogens (tertiary/aromatic N) is 1. The largest absolute Gasteiger partial charge is 0.497 e. The van der Waals surface area contributed by atoms with Crippen molar-refractivity contribution in [2.24, 2.45) is 0 Å². The fraction of sp³-hybridized carbons (Fsp3) is 0.200. The van der Waals surface area contributed by atoms with Crippen LogP contribution >= 0.6 is 0 Å². The first kappa shape index (κ1) is 15.0. The van der Waals surface area contributed by atoms with Gasteiger partial charge in [-0.25, -0.2) is 4.39 Å². The number of rotatable bonds is 3. The smallest absolute Gasteiger partial charge is 0.123 e. The van der Waals surface area contributed by atoms with Gasteiger partial charge in [0.05, 0.1) is 12.6 Å². The van der Waals surface area contributed by atoms with Crippen molar-refractivity contribution < 1.29 is 9.13 Å². The van der Waals surface area contributed by atoms with Crippen molar-refractivity contribution in [3.8, 4) is 11.4 Å². The van der Waals surface area contributed by atoms with E-state index in [9.17, 15) is 4.39 Å². The number of halogens is 1.